The topological polar surface area (TPSA) is 85.8 Å². The van der Waals surface area contributed by atoms with Crippen molar-refractivity contribution in [2.45, 2.75) is 13.5 Å². The van der Waals surface area contributed by atoms with Gasteiger partial charge in [0.1, 0.15) is 11.6 Å². The Hall–Kier alpha value is -3.46. The number of hydrogen-bond acceptors (Lipinski definition) is 6. The molecule has 30 heavy (non-hydrogen) atoms. The van der Waals surface area contributed by atoms with Gasteiger partial charge in [0.25, 0.3) is 5.91 Å². The van der Waals surface area contributed by atoms with E-state index in [0.717, 1.165) is 9.94 Å². The third-order valence-corrected chi connectivity index (χ3v) is 5.75. The van der Waals surface area contributed by atoms with E-state index in [-0.39, 0.29) is 18.3 Å². The number of fused-ring (bicyclic) bond motifs is 1. The Morgan fingerprint density at radius 3 is 2.77 bits per heavy atom. The van der Waals surface area contributed by atoms with Crippen molar-refractivity contribution >= 4 is 28.7 Å². The van der Waals surface area contributed by atoms with Gasteiger partial charge in [-0.3, -0.25) is 4.79 Å². The molecule has 2 N–H and O–H groups in total. The second-order valence-electron chi connectivity index (χ2n) is 6.61. The second-order valence-corrected chi connectivity index (χ2v) is 7.65. The first kappa shape index (κ1) is 19.8. The van der Waals surface area contributed by atoms with Crippen LogP contribution in [0.2, 0.25) is 0 Å². The van der Waals surface area contributed by atoms with Gasteiger partial charge in [0, 0.05) is 24.2 Å². The van der Waals surface area contributed by atoms with Gasteiger partial charge < -0.3 is 15.4 Å². The summed E-state index contributed by atoms with van der Waals surface area (Å²) in [6, 6.07) is 13.3. The van der Waals surface area contributed by atoms with Crippen LogP contribution in [0, 0.1) is 5.82 Å². The summed E-state index contributed by atoms with van der Waals surface area (Å²) in [6.07, 6.45) is 0. The Labute approximate surface area is 176 Å². The Kier molecular flexibility index (Phi) is 5.37. The molecule has 4 rings (SSSR count). The minimum atomic E-state index is -0.341. The van der Waals surface area contributed by atoms with E-state index in [1.165, 1.54) is 21.9 Å². The summed E-state index contributed by atoms with van der Waals surface area (Å²) in [7, 11) is 1.60. The molecule has 0 aliphatic carbocycles. The minimum Gasteiger partial charge on any atom is -0.487 e. The van der Waals surface area contributed by atoms with Gasteiger partial charge in [-0.05, 0) is 37.3 Å². The largest absolute Gasteiger partial charge is 0.487 e. The minimum absolute atomic E-state index is 0.167. The summed E-state index contributed by atoms with van der Waals surface area (Å²) in [6.45, 7) is 2.44. The Morgan fingerprint density at radius 2 is 2.07 bits per heavy atom. The van der Waals surface area contributed by atoms with Crippen molar-refractivity contribution in [3.63, 3.8) is 0 Å². The third kappa shape index (κ3) is 3.71. The van der Waals surface area contributed by atoms with Crippen LogP contribution in [0.4, 0.5) is 10.2 Å². The number of hydrogen-bond donors (Lipinski definition) is 1. The number of halogens is 1. The standard InChI is InChI=1S/C21H20FN5O2S/c1-3-26(12-13-6-4-5-7-15(13)22)21(28)14-10-17(23)27-18(11-14)24-20(25-27)16-8-9-19(29-2)30-16/h4-11H,3,12,23H2,1-2H3. The number of pyridine rings is 1. The molecule has 154 valence electrons. The van der Waals surface area contributed by atoms with Crippen molar-refractivity contribution in [3.05, 3.63) is 65.5 Å². The number of carbonyl (C=O) groups is 1. The summed E-state index contributed by atoms with van der Waals surface area (Å²) in [5, 5.41) is 5.19. The molecule has 7 nitrogen and oxygen atoms in total. The summed E-state index contributed by atoms with van der Waals surface area (Å²) in [4.78, 5) is 20.0. The number of amides is 1. The number of nitrogen functional groups attached to an aromatic ring is 1. The number of thiophene rings is 1. The van der Waals surface area contributed by atoms with Crippen LogP contribution in [-0.2, 0) is 6.54 Å². The van der Waals surface area contributed by atoms with E-state index in [2.05, 4.69) is 10.1 Å². The van der Waals surface area contributed by atoms with Crippen molar-refractivity contribution in [2.75, 3.05) is 19.4 Å². The molecular formula is C21H20FN5O2S. The van der Waals surface area contributed by atoms with E-state index in [0.29, 0.717) is 35.0 Å². The Bertz CT molecular complexity index is 1220. The van der Waals surface area contributed by atoms with Crippen molar-refractivity contribution < 1.29 is 13.9 Å². The molecule has 0 aliphatic heterocycles. The van der Waals surface area contributed by atoms with Crippen LogP contribution < -0.4 is 10.5 Å². The predicted molar refractivity (Wildman–Crippen MR) is 114 cm³/mol. The number of aromatic nitrogens is 3. The molecule has 1 amide bonds. The maximum Gasteiger partial charge on any atom is 0.254 e. The quantitative estimate of drug-likeness (QED) is 0.507. The van der Waals surface area contributed by atoms with Crippen molar-refractivity contribution in [1.29, 1.82) is 0 Å². The van der Waals surface area contributed by atoms with Crippen LogP contribution in [0.15, 0.2) is 48.5 Å². The monoisotopic (exact) mass is 425 g/mol. The molecule has 1 aromatic carbocycles. The highest BCUT2D eigenvalue weighted by molar-refractivity contribution is 7.17. The van der Waals surface area contributed by atoms with Crippen molar-refractivity contribution in [2.24, 2.45) is 0 Å². The fraction of sp³-hybridized carbons (Fsp3) is 0.190. The van der Waals surface area contributed by atoms with Crippen LogP contribution in [0.25, 0.3) is 16.3 Å². The first-order chi connectivity index (χ1) is 14.5. The van der Waals surface area contributed by atoms with Gasteiger partial charge in [-0.25, -0.2) is 9.37 Å². The van der Waals surface area contributed by atoms with Crippen molar-refractivity contribution in [3.8, 4) is 15.8 Å². The molecule has 0 atom stereocenters. The van der Waals surface area contributed by atoms with Gasteiger partial charge in [-0.1, -0.05) is 29.5 Å². The lowest BCUT2D eigenvalue weighted by Gasteiger charge is -2.21. The van der Waals surface area contributed by atoms with E-state index < -0.39 is 0 Å². The highest BCUT2D eigenvalue weighted by Gasteiger charge is 2.19. The summed E-state index contributed by atoms with van der Waals surface area (Å²) in [5.74, 6) is 0.197. The maximum atomic E-state index is 14.0. The summed E-state index contributed by atoms with van der Waals surface area (Å²) >= 11 is 1.42. The molecule has 0 spiro atoms. The SMILES string of the molecule is CCN(Cc1ccccc1F)C(=O)c1cc(N)n2nc(-c3ccc(OC)s3)nc2c1. The first-order valence-electron chi connectivity index (χ1n) is 9.33. The van der Waals surface area contributed by atoms with Crippen LogP contribution >= 0.6 is 11.3 Å². The zero-order valence-corrected chi connectivity index (χ0v) is 17.3. The van der Waals surface area contributed by atoms with Gasteiger partial charge in [0.2, 0.25) is 0 Å². The van der Waals surface area contributed by atoms with E-state index in [1.807, 2.05) is 19.1 Å². The molecule has 0 saturated carbocycles. The lowest BCUT2D eigenvalue weighted by atomic mass is 10.1. The molecule has 9 heteroatoms. The average Bonchev–Trinajstić information content (AvgIpc) is 3.39. The van der Waals surface area contributed by atoms with Crippen LogP contribution in [0.5, 0.6) is 5.06 Å². The molecule has 3 heterocycles. The van der Waals surface area contributed by atoms with Crippen molar-refractivity contribution in [1.82, 2.24) is 19.5 Å². The smallest absolute Gasteiger partial charge is 0.254 e. The van der Waals surface area contributed by atoms with Gasteiger partial charge in [0.05, 0.1) is 12.0 Å². The molecule has 3 aromatic heterocycles. The fourth-order valence-corrected chi connectivity index (χ4v) is 3.88. The van der Waals surface area contributed by atoms with E-state index in [4.69, 9.17) is 10.5 Å². The number of benzene rings is 1. The molecule has 0 bridgehead atoms. The number of nitrogens with zero attached hydrogens (tertiary/aromatic N) is 4. The number of rotatable bonds is 6. The van der Waals surface area contributed by atoms with Gasteiger partial charge in [-0.2, -0.15) is 4.52 Å². The second kappa shape index (κ2) is 8.11. The van der Waals surface area contributed by atoms with Gasteiger partial charge in [-0.15, -0.1) is 5.10 Å². The number of ether oxygens (including phenoxy) is 1. The lowest BCUT2D eigenvalue weighted by Crippen LogP contribution is -2.30. The molecule has 0 aliphatic rings. The number of carbonyl (C=O) groups excluding carboxylic acids is 1. The first-order valence-corrected chi connectivity index (χ1v) is 10.1. The highest BCUT2D eigenvalue weighted by Crippen LogP contribution is 2.31. The molecular weight excluding hydrogens is 405 g/mol. The molecule has 0 fully saturated rings. The lowest BCUT2D eigenvalue weighted by molar-refractivity contribution is 0.0751. The zero-order valence-electron chi connectivity index (χ0n) is 16.5. The number of anilines is 1. The van der Waals surface area contributed by atoms with Gasteiger partial charge >= 0.3 is 0 Å². The summed E-state index contributed by atoms with van der Waals surface area (Å²) < 4.78 is 20.7. The van der Waals surface area contributed by atoms with Gasteiger partial charge in [0.15, 0.2) is 16.5 Å². The summed E-state index contributed by atoms with van der Waals surface area (Å²) in [5.41, 5.74) is 7.44. The predicted octanol–water partition coefficient (Wildman–Crippen LogP) is 3.85. The zero-order chi connectivity index (χ0) is 21.3. The Balaban J connectivity index is 1.66. The number of methoxy groups -OCH3 is 1. The van der Waals surface area contributed by atoms with Crippen LogP contribution in [0.1, 0.15) is 22.8 Å². The fourth-order valence-electron chi connectivity index (χ4n) is 3.13. The van der Waals surface area contributed by atoms with Crippen LogP contribution in [-0.4, -0.2) is 39.1 Å². The number of nitrogens with two attached hydrogens (primary N) is 1. The highest BCUT2D eigenvalue weighted by atomic mass is 32.1. The normalized spacial score (nSPS) is 11.0. The van der Waals surface area contributed by atoms with E-state index in [1.54, 1.807) is 42.3 Å². The maximum absolute atomic E-state index is 14.0. The van der Waals surface area contributed by atoms with Crippen LogP contribution in [0.3, 0.4) is 0 Å². The molecule has 0 saturated heterocycles. The van der Waals surface area contributed by atoms with E-state index in [9.17, 15) is 9.18 Å². The molecule has 0 unspecified atom stereocenters. The molecule has 0 radical (unpaired) electrons. The third-order valence-electron chi connectivity index (χ3n) is 4.70. The average molecular weight is 425 g/mol. The molecule has 4 aromatic rings. The Morgan fingerprint density at radius 1 is 1.27 bits per heavy atom. The van der Waals surface area contributed by atoms with E-state index >= 15 is 0 Å².